The van der Waals surface area contributed by atoms with Crippen LogP contribution in [0.2, 0.25) is 0 Å². The number of carbonyl (C=O) groups excluding carboxylic acids is 3. The van der Waals surface area contributed by atoms with Gasteiger partial charge in [-0.2, -0.15) is 0 Å². The molecule has 1 amide bonds. The lowest BCUT2D eigenvalue weighted by molar-refractivity contribution is 0.0474. The van der Waals surface area contributed by atoms with Crippen molar-refractivity contribution in [2.75, 3.05) is 11.5 Å². The van der Waals surface area contributed by atoms with E-state index < -0.39 is 24.5 Å². The Hall–Kier alpha value is -4.56. The van der Waals surface area contributed by atoms with Crippen molar-refractivity contribution in [1.82, 2.24) is 0 Å². The fraction of sp³-hybridized carbons (Fsp3) is 0.152. The minimum atomic E-state index is -1.23. The van der Waals surface area contributed by atoms with E-state index >= 15 is 0 Å². The number of carbonyl (C=O) groups is 4. The minimum Gasteiger partial charge on any atom is -0.478 e. The molecule has 0 heterocycles. The number of benzene rings is 4. The number of ketones is 1. The summed E-state index contributed by atoms with van der Waals surface area (Å²) < 4.78 is 6.10. The summed E-state index contributed by atoms with van der Waals surface area (Å²) >= 11 is 3.32. The Morgan fingerprint density at radius 1 is 0.756 bits per heavy atom. The molecular formula is C33H28BrNO6. The van der Waals surface area contributed by atoms with E-state index in [-0.39, 0.29) is 27.9 Å². The summed E-state index contributed by atoms with van der Waals surface area (Å²) in [7, 11) is 0. The predicted molar refractivity (Wildman–Crippen MR) is 160 cm³/mol. The van der Waals surface area contributed by atoms with Crippen molar-refractivity contribution < 1.29 is 29.0 Å². The first-order valence-electron chi connectivity index (χ1n) is 12.8. The molecule has 0 saturated carbocycles. The van der Waals surface area contributed by atoms with Gasteiger partial charge in [-0.25, -0.2) is 9.59 Å². The number of rotatable bonds is 8. The van der Waals surface area contributed by atoms with Gasteiger partial charge in [0.1, 0.15) is 0 Å². The van der Waals surface area contributed by atoms with Gasteiger partial charge in [0.25, 0.3) is 5.91 Å². The Bertz CT molecular complexity index is 1600. The van der Waals surface area contributed by atoms with Gasteiger partial charge in [-0.05, 0) is 65.6 Å². The summed E-state index contributed by atoms with van der Waals surface area (Å²) in [6, 6.07) is 26.3. The lowest BCUT2D eigenvalue weighted by atomic mass is 9.87. The molecule has 1 N–H and O–H groups in total. The third-order valence-corrected chi connectivity index (χ3v) is 6.95. The smallest absolute Gasteiger partial charge is 0.338 e. The van der Waals surface area contributed by atoms with Crippen LogP contribution >= 0.6 is 15.9 Å². The molecule has 0 bridgehead atoms. The summed E-state index contributed by atoms with van der Waals surface area (Å²) in [5, 5.41) is 9.72. The first-order chi connectivity index (χ1) is 19.5. The Morgan fingerprint density at radius 2 is 1.39 bits per heavy atom. The molecule has 8 heteroatoms. The van der Waals surface area contributed by atoms with E-state index in [9.17, 15) is 24.3 Å². The van der Waals surface area contributed by atoms with E-state index in [4.69, 9.17) is 4.74 Å². The van der Waals surface area contributed by atoms with E-state index in [1.54, 1.807) is 60.7 Å². The highest BCUT2D eigenvalue weighted by Crippen LogP contribution is 2.32. The van der Waals surface area contributed by atoms with Crippen molar-refractivity contribution in [3.63, 3.8) is 0 Å². The second-order valence-corrected chi connectivity index (χ2v) is 11.3. The Balaban J connectivity index is 1.68. The van der Waals surface area contributed by atoms with Crippen molar-refractivity contribution in [3.05, 3.63) is 129 Å². The topological polar surface area (TPSA) is 101 Å². The van der Waals surface area contributed by atoms with Crippen molar-refractivity contribution in [3.8, 4) is 0 Å². The fourth-order valence-corrected chi connectivity index (χ4v) is 4.44. The minimum absolute atomic E-state index is 0.00651. The maximum Gasteiger partial charge on any atom is 0.338 e. The lowest BCUT2D eigenvalue weighted by Crippen LogP contribution is -2.28. The maximum absolute atomic E-state index is 13.9. The zero-order chi connectivity index (χ0) is 29.7. The molecule has 208 valence electrons. The Labute approximate surface area is 246 Å². The molecule has 4 aromatic rings. The SMILES string of the molecule is CC(C)(C)c1ccc(N(C(=O)c2ccccc2C(=O)O)c2cccc(C(=O)OCC(=O)c3ccc(Br)cc3)c2)cc1. The van der Waals surface area contributed by atoms with Crippen molar-refractivity contribution in [2.24, 2.45) is 0 Å². The molecule has 7 nitrogen and oxygen atoms in total. The highest BCUT2D eigenvalue weighted by atomic mass is 79.9. The number of esters is 1. The molecule has 41 heavy (non-hydrogen) atoms. The number of ether oxygens (including phenoxy) is 1. The van der Waals surface area contributed by atoms with Crippen LogP contribution in [0.25, 0.3) is 0 Å². The van der Waals surface area contributed by atoms with Gasteiger partial charge >= 0.3 is 11.9 Å². The number of hydrogen-bond donors (Lipinski definition) is 1. The van der Waals surface area contributed by atoms with Crippen LogP contribution in [-0.2, 0) is 10.2 Å². The number of hydrogen-bond acceptors (Lipinski definition) is 5. The molecule has 0 aliphatic heterocycles. The van der Waals surface area contributed by atoms with Crippen LogP contribution < -0.4 is 4.90 Å². The van der Waals surface area contributed by atoms with Gasteiger partial charge < -0.3 is 9.84 Å². The molecule has 0 unspecified atom stereocenters. The lowest BCUT2D eigenvalue weighted by Gasteiger charge is -2.26. The van der Waals surface area contributed by atoms with Gasteiger partial charge in [-0.15, -0.1) is 0 Å². The van der Waals surface area contributed by atoms with Crippen LogP contribution in [0.3, 0.4) is 0 Å². The molecule has 0 spiro atoms. The van der Waals surface area contributed by atoms with Crippen LogP contribution in [0.15, 0.2) is 102 Å². The maximum atomic E-state index is 13.9. The fourth-order valence-electron chi connectivity index (χ4n) is 4.18. The second kappa shape index (κ2) is 12.3. The van der Waals surface area contributed by atoms with Crippen LogP contribution in [-0.4, -0.2) is 35.3 Å². The largest absolute Gasteiger partial charge is 0.478 e. The number of carboxylic acid groups (broad SMARTS) is 1. The summed E-state index contributed by atoms with van der Waals surface area (Å²) in [4.78, 5) is 52.6. The molecule has 0 aromatic heterocycles. The van der Waals surface area contributed by atoms with Crippen LogP contribution in [0.4, 0.5) is 11.4 Å². The summed E-state index contributed by atoms with van der Waals surface area (Å²) in [5.41, 5.74) is 2.12. The van der Waals surface area contributed by atoms with E-state index in [0.717, 1.165) is 10.0 Å². The quantitative estimate of drug-likeness (QED) is 0.163. The molecule has 0 saturated heterocycles. The molecule has 0 radical (unpaired) electrons. The molecule has 0 aliphatic rings. The molecule has 0 aliphatic carbocycles. The van der Waals surface area contributed by atoms with E-state index in [0.29, 0.717) is 16.9 Å². The van der Waals surface area contributed by atoms with E-state index in [1.165, 1.54) is 29.2 Å². The number of Topliss-reactive ketones (excluding diaryl/α,β-unsaturated/α-hetero) is 1. The molecule has 4 rings (SSSR count). The Morgan fingerprint density at radius 3 is 2.00 bits per heavy atom. The summed E-state index contributed by atoms with van der Waals surface area (Å²) in [6.07, 6.45) is 0. The van der Waals surface area contributed by atoms with Gasteiger partial charge in [0.2, 0.25) is 0 Å². The number of aromatic carboxylic acids is 1. The number of anilines is 2. The van der Waals surface area contributed by atoms with Gasteiger partial charge in [0.15, 0.2) is 12.4 Å². The predicted octanol–water partition coefficient (Wildman–Crippen LogP) is 7.46. The normalized spacial score (nSPS) is 11.0. The zero-order valence-corrected chi connectivity index (χ0v) is 24.3. The average molecular weight is 614 g/mol. The highest BCUT2D eigenvalue weighted by Gasteiger charge is 2.26. The molecular weight excluding hydrogens is 586 g/mol. The highest BCUT2D eigenvalue weighted by molar-refractivity contribution is 9.10. The summed E-state index contributed by atoms with van der Waals surface area (Å²) in [5.74, 6) is -2.91. The standard InChI is InChI=1S/C33H28BrNO6/c1-33(2,3)23-13-17-25(18-14-23)35(30(37)27-9-4-5-10-28(27)31(38)39)26-8-6-7-22(19-26)32(40)41-20-29(36)21-11-15-24(34)16-12-21/h4-19H,20H2,1-3H3,(H,38,39). The van der Waals surface area contributed by atoms with Crippen molar-refractivity contribution in [1.29, 1.82) is 0 Å². The summed E-state index contributed by atoms with van der Waals surface area (Å²) in [6.45, 7) is 5.77. The van der Waals surface area contributed by atoms with Gasteiger partial charge in [-0.1, -0.05) is 79.2 Å². The van der Waals surface area contributed by atoms with E-state index in [2.05, 4.69) is 36.7 Å². The van der Waals surface area contributed by atoms with Crippen LogP contribution in [0.1, 0.15) is 67.8 Å². The second-order valence-electron chi connectivity index (χ2n) is 10.3. The third-order valence-electron chi connectivity index (χ3n) is 6.42. The number of nitrogens with zero attached hydrogens (tertiary/aromatic N) is 1. The third kappa shape index (κ3) is 6.96. The number of carboxylic acids is 1. The first-order valence-corrected chi connectivity index (χ1v) is 13.6. The first kappa shape index (κ1) is 29.4. The Kier molecular flexibility index (Phi) is 8.83. The molecule has 0 fully saturated rings. The molecule has 0 atom stereocenters. The number of amides is 1. The van der Waals surface area contributed by atoms with Crippen LogP contribution in [0, 0.1) is 0 Å². The van der Waals surface area contributed by atoms with Crippen molar-refractivity contribution in [2.45, 2.75) is 26.2 Å². The van der Waals surface area contributed by atoms with Gasteiger partial charge in [0.05, 0.1) is 22.4 Å². The van der Waals surface area contributed by atoms with E-state index in [1.807, 2.05) is 12.1 Å². The van der Waals surface area contributed by atoms with Gasteiger partial charge in [0, 0.05) is 15.7 Å². The number of halogens is 1. The molecule has 4 aromatic carbocycles. The monoisotopic (exact) mass is 613 g/mol. The van der Waals surface area contributed by atoms with Gasteiger partial charge in [-0.3, -0.25) is 14.5 Å². The zero-order valence-electron chi connectivity index (χ0n) is 22.8. The van der Waals surface area contributed by atoms with Crippen molar-refractivity contribution >= 4 is 50.9 Å². The average Bonchev–Trinajstić information content (AvgIpc) is 2.96. The van der Waals surface area contributed by atoms with Crippen LogP contribution in [0.5, 0.6) is 0 Å².